The predicted molar refractivity (Wildman–Crippen MR) is 190 cm³/mol. The van der Waals surface area contributed by atoms with Gasteiger partial charge in [-0.3, -0.25) is 9.59 Å². The third kappa shape index (κ3) is 7.77. The Labute approximate surface area is 294 Å². The first kappa shape index (κ1) is 34.2. The Morgan fingerprint density at radius 2 is 1.46 bits per heavy atom. The average Bonchev–Trinajstić information content (AvgIpc) is 3.61. The van der Waals surface area contributed by atoms with Crippen LogP contribution in [0.1, 0.15) is 43.2 Å². The molecule has 252 valence electrons. The molecule has 7 rings (SSSR count). The standard InChI is InChI=1S/C24H21ClN4O3S.C13H11N3O/c1-16-21(24(30)28-17-7-9-19(10-8-17)33(2,31)32)14-29(13-18-11-12-26-15-27-18)23(16)20-5-3-4-6-22(20)25;17-13-12-4-2-1-3-10(12)7-16(13)8-11-5-6-14-9-15-11/h3-12,14-15H,13H2,1-2H3,(H,28,30);1-6,9H,7-8H2. The number of carbonyl (C=O) groups excluding carboxylic acids is 2. The lowest BCUT2D eigenvalue weighted by Crippen LogP contribution is -2.23. The molecule has 1 N–H and O–H groups in total. The molecule has 1 aliphatic rings. The maximum absolute atomic E-state index is 13.1. The van der Waals surface area contributed by atoms with E-state index in [1.807, 2.05) is 66.1 Å². The molecule has 1 aliphatic heterocycles. The van der Waals surface area contributed by atoms with Crippen LogP contribution in [0.5, 0.6) is 0 Å². The summed E-state index contributed by atoms with van der Waals surface area (Å²) in [4.78, 5) is 43.5. The minimum Gasteiger partial charge on any atom is -0.340 e. The molecule has 3 aromatic carbocycles. The summed E-state index contributed by atoms with van der Waals surface area (Å²) in [6.07, 6.45) is 9.26. The SMILES string of the molecule is Cc1c(C(=O)Nc2ccc(S(C)(=O)=O)cc2)cn(Cc2ccncn2)c1-c1ccccc1Cl.O=C1c2ccccc2CN1Cc1ccncn1. The zero-order valence-electron chi connectivity index (χ0n) is 27.2. The number of benzene rings is 3. The lowest BCUT2D eigenvalue weighted by Gasteiger charge is -2.14. The zero-order valence-corrected chi connectivity index (χ0v) is 28.8. The van der Waals surface area contributed by atoms with Crippen molar-refractivity contribution in [2.75, 3.05) is 11.6 Å². The number of carbonyl (C=O) groups is 2. The molecule has 0 spiro atoms. The predicted octanol–water partition coefficient (Wildman–Crippen LogP) is 6.24. The van der Waals surface area contributed by atoms with Gasteiger partial charge in [0.15, 0.2) is 9.84 Å². The van der Waals surface area contributed by atoms with Crippen LogP contribution in [0.2, 0.25) is 5.02 Å². The number of hydrogen-bond donors (Lipinski definition) is 1. The van der Waals surface area contributed by atoms with Crippen LogP contribution in [0, 0.1) is 6.92 Å². The van der Waals surface area contributed by atoms with Gasteiger partial charge in [0.05, 0.1) is 40.6 Å². The van der Waals surface area contributed by atoms with Gasteiger partial charge in [-0.1, -0.05) is 48.0 Å². The van der Waals surface area contributed by atoms with Crippen molar-refractivity contribution in [1.29, 1.82) is 0 Å². The lowest BCUT2D eigenvalue weighted by molar-refractivity contribution is 0.0764. The molecule has 2 amide bonds. The molecular weight excluding hydrogens is 674 g/mol. The highest BCUT2D eigenvalue weighted by atomic mass is 35.5. The van der Waals surface area contributed by atoms with E-state index in [1.54, 1.807) is 41.7 Å². The lowest BCUT2D eigenvalue weighted by atomic mass is 10.1. The van der Waals surface area contributed by atoms with Gasteiger partial charge in [0, 0.05) is 53.2 Å². The monoisotopic (exact) mass is 705 g/mol. The molecule has 6 aromatic rings. The van der Waals surface area contributed by atoms with Crippen LogP contribution in [-0.4, -0.2) is 55.9 Å². The Bertz CT molecular complexity index is 2260. The second-order valence-corrected chi connectivity index (χ2v) is 14.0. The molecule has 13 heteroatoms. The van der Waals surface area contributed by atoms with Crippen molar-refractivity contribution in [3.63, 3.8) is 0 Å². The molecule has 3 aromatic heterocycles. The third-order valence-corrected chi connectivity index (χ3v) is 9.57. The Hall–Kier alpha value is -5.72. The maximum atomic E-state index is 13.1. The Morgan fingerprint density at radius 1 is 0.840 bits per heavy atom. The van der Waals surface area contributed by atoms with E-state index in [1.165, 1.54) is 24.8 Å². The van der Waals surface area contributed by atoms with Gasteiger partial charge in [-0.05, 0) is 66.6 Å². The number of fused-ring (bicyclic) bond motifs is 1. The second kappa shape index (κ2) is 14.8. The Kier molecular flexibility index (Phi) is 10.1. The number of rotatable bonds is 8. The average molecular weight is 706 g/mol. The molecule has 0 saturated carbocycles. The first-order chi connectivity index (χ1) is 24.1. The van der Waals surface area contributed by atoms with Crippen LogP contribution in [0.3, 0.4) is 0 Å². The number of aromatic nitrogens is 5. The molecule has 0 bridgehead atoms. The van der Waals surface area contributed by atoms with Crippen LogP contribution < -0.4 is 5.32 Å². The van der Waals surface area contributed by atoms with Crippen LogP contribution in [0.15, 0.2) is 121 Å². The summed E-state index contributed by atoms with van der Waals surface area (Å²) < 4.78 is 25.3. The first-order valence-electron chi connectivity index (χ1n) is 15.5. The highest BCUT2D eigenvalue weighted by Gasteiger charge is 2.27. The second-order valence-electron chi connectivity index (χ2n) is 11.6. The first-order valence-corrected chi connectivity index (χ1v) is 17.8. The molecule has 0 aliphatic carbocycles. The van der Waals surface area contributed by atoms with E-state index in [9.17, 15) is 18.0 Å². The molecule has 0 radical (unpaired) electrons. The quantitative estimate of drug-likeness (QED) is 0.196. The van der Waals surface area contributed by atoms with Gasteiger partial charge in [0.25, 0.3) is 11.8 Å². The molecule has 0 atom stereocenters. The van der Waals surface area contributed by atoms with Crippen molar-refractivity contribution in [2.45, 2.75) is 31.5 Å². The van der Waals surface area contributed by atoms with Gasteiger partial charge < -0.3 is 14.8 Å². The van der Waals surface area contributed by atoms with Crippen LogP contribution in [0.25, 0.3) is 11.3 Å². The summed E-state index contributed by atoms with van der Waals surface area (Å²) >= 11 is 6.49. The molecule has 4 heterocycles. The minimum absolute atomic E-state index is 0.0826. The fourth-order valence-corrected chi connectivity index (χ4v) is 6.50. The van der Waals surface area contributed by atoms with Gasteiger partial charge in [-0.2, -0.15) is 0 Å². The maximum Gasteiger partial charge on any atom is 0.257 e. The third-order valence-electron chi connectivity index (χ3n) is 8.11. The molecule has 0 saturated heterocycles. The van der Waals surface area contributed by atoms with Crippen molar-refractivity contribution in [1.82, 2.24) is 29.4 Å². The molecule has 50 heavy (non-hydrogen) atoms. The van der Waals surface area contributed by atoms with Crippen molar-refractivity contribution >= 4 is 38.9 Å². The summed E-state index contributed by atoms with van der Waals surface area (Å²) in [6.45, 7) is 3.51. The zero-order chi connectivity index (χ0) is 35.3. The van der Waals surface area contributed by atoms with Gasteiger partial charge in [0.2, 0.25) is 0 Å². The van der Waals surface area contributed by atoms with Crippen molar-refractivity contribution in [2.24, 2.45) is 0 Å². The number of halogens is 1. The normalized spacial score (nSPS) is 12.2. The number of sulfone groups is 1. The van der Waals surface area contributed by atoms with E-state index < -0.39 is 9.84 Å². The van der Waals surface area contributed by atoms with Crippen molar-refractivity contribution < 1.29 is 18.0 Å². The number of nitrogens with zero attached hydrogens (tertiary/aromatic N) is 6. The topological polar surface area (TPSA) is 140 Å². The van der Waals surface area contributed by atoms with Crippen LogP contribution in [-0.2, 0) is 29.5 Å². The number of amides is 2. The summed E-state index contributed by atoms with van der Waals surface area (Å²) in [5.74, 6) is -0.228. The van der Waals surface area contributed by atoms with Gasteiger partial charge in [0.1, 0.15) is 12.7 Å². The fourth-order valence-electron chi connectivity index (χ4n) is 5.64. The van der Waals surface area contributed by atoms with E-state index in [0.717, 1.165) is 45.6 Å². The smallest absolute Gasteiger partial charge is 0.257 e. The summed E-state index contributed by atoms with van der Waals surface area (Å²) in [7, 11) is -3.31. The molecule has 0 fully saturated rings. The van der Waals surface area contributed by atoms with E-state index in [4.69, 9.17) is 11.6 Å². The summed E-state index contributed by atoms with van der Waals surface area (Å²) in [5.41, 5.74) is 6.91. The fraction of sp³-hybridized carbons (Fsp3) is 0.135. The molecule has 0 unspecified atom stereocenters. The van der Waals surface area contributed by atoms with Crippen molar-refractivity contribution in [3.8, 4) is 11.3 Å². The van der Waals surface area contributed by atoms with E-state index in [2.05, 4.69) is 25.3 Å². The van der Waals surface area contributed by atoms with E-state index in [0.29, 0.717) is 35.9 Å². The van der Waals surface area contributed by atoms with E-state index in [-0.39, 0.29) is 16.7 Å². The number of nitrogens with one attached hydrogen (secondary N) is 1. The Morgan fingerprint density at radius 3 is 2.06 bits per heavy atom. The molecule has 11 nitrogen and oxygen atoms in total. The van der Waals surface area contributed by atoms with Gasteiger partial charge in [-0.15, -0.1) is 0 Å². The summed E-state index contributed by atoms with van der Waals surface area (Å²) in [6, 6.07) is 24.9. The van der Waals surface area contributed by atoms with Gasteiger partial charge in [-0.25, -0.2) is 28.4 Å². The highest BCUT2D eigenvalue weighted by Crippen LogP contribution is 2.34. The van der Waals surface area contributed by atoms with E-state index >= 15 is 0 Å². The number of anilines is 1. The Balaban J connectivity index is 0.000000212. The van der Waals surface area contributed by atoms with Crippen LogP contribution >= 0.6 is 11.6 Å². The minimum atomic E-state index is -3.31. The van der Waals surface area contributed by atoms with Gasteiger partial charge >= 0.3 is 0 Å². The largest absolute Gasteiger partial charge is 0.340 e. The molecular formula is C37H32ClN7O4S. The number of hydrogen-bond acceptors (Lipinski definition) is 8. The summed E-state index contributed by atoms with van der Waals surface area (Å²) in [5, 5.41) is 3.42. The van der Waals surface area contributed by atoms with Crippen LogP contribution in [0.4, 0.5) is 5.69 Å². The highest BCUT2D eigenvalue weighted by molar-refractivity contribution is 7.90. The van der Waals surface area contributed by atoms with Crippen molar-refractivity contribution in [3.05, 3.63) is 155 Å².